The maximum Gasteiger partial charge on any atom is 0.289 e. The molecule has 1 aliphatic heterocycles. The van der Waals surface area contributed by atoms with Crippen molar-refractivity contribution in [3.05, 3.63) is 79.4 Å². The normalized spacial score (nSPS) is 13.2. The number of fused-ring (bicyclic) bond motifs is 1. The molecule has 0 atom stereocenters. The number of carbonyl (C=O) groups excluding carboxylic acids is 1. The number of nitro benzene ring substituents is 2. The summed E-state index contributed by atoms with van der Waals surface area (Å²) in [6.07, 6.45) is 0.669. The third kappa shape index (κ3) is 2.81. The predicted molar refractivity (Wildman–Crippen MR) is 84.6 cm³/mol. The van der Waals surface area contributed by atoms with E-state index in [0.29, 0.717) is 19.5 Å². The first kappa shape index (κ1) is 15.6. The Morgan fingerprint density at radius 3 is 2.38 bits per heavy atom. The average Bonchev–Trinajstić information content (AvgIpc) is 2.60. The van der Waals surface area contributed by atoms with Gasteiger partial charge in [-0.1, -0.05) is 24.3 Å². The van der Waals surface area contributed by atoms with Crippen LogP contribution in [0.2, 0.25) is 0 Å². The van der Waals surface area contributed by atoms with Crippen molar-refractivity contribution in [2.45, 2.75) is 13.0 Å². The first-order valence-corrected chi connectivity index (χ1v) is 7.26. The maximum absolute atomic E-state index is 12.7. The monoisotopic (exact) mass is 327 g/mol. The molecule has 1 amide bonds. The zero-order valence-corrected chi connectivity index (χ0v) is 12.5. The van der Waals surface area contributed by atoms with Crippen LogP contribution in [0.15, 0.2) is 42.5 Å². The van der Waals surface area contributed by atoms with Crippen molar-refractivity contribution >= 4 is 17.3 Å². The highest BCUT2D eigenvalue weighted by Crippen LogP contribution is 2.27. The third-order valence-electron chi connectivity index (χ3n) is 4.04. The summed E-state index contributed by atoms with van der Waals surface area (Å²) in [6, 6.07) is 10.8. The molecule has 8 heteroatoms. The summed E-state index contributed by atoms with van der Waals surface area (Å²) in [5.41, 5.74) is 1.06. The van der Waals surface area contributed by atoms with Gasteiger partial charge < -0.3 is 4.90 Å². The van der Waals surface area contributed by atoms with E-state index < -0.39 is 27.1 Å². The van der Waals surface area contributed by atoms with Gasteiger partial charge in [-0.05, 0) is 23.6 Å². The molecule has 0 unspecified atom stereocenters. The Balaban J connectivity index is 1.93. The number of rotatable bonds is 3. The summed E-state index contributed by atoms with van der Waals surface area (Å²) >= 11 is 0. The molecule has 0 fully saturated rings. The minimum Gasteiger partial charge on any atom is -0.334 e. The Hall–Kier alpha value is -3.29. The lowest BCUT2D eigenvalue weighted by atomic mass is 9.99. The molecule has 122 valence electrons. The lowest BCUT2D eigenvalue weighted by Gasteiger charge is -2.28. The number of carbonyl (C=O) groups is 1. The van der Waals surface area contributed by atoms with Gasteiger partial charge in [0.05, 0.1) is 15.9 Å². The van der Waals surface area contributed by atoms with Crippen LogP contribution in [0.25, 0.3) is 0 Å². The van der Waals surface area contributed by atoms with Gasteiger partial charge in [0, 0.05) is 19.2 Å². The molecule has 0 radical (unpaired) electrons. The number of non-ortho nitro benzene ring substituents is 1. The van der Waals surface area contributed by atoms with Crippen LogP contribution in [0, 0.1) is 20.2 Å². The van der Waals surface area contributed by atoms with Gasteiger partial charge in [0.1, 0.15) is 5.56 Å². The minimum absolute atomic E-state index is 0.134. The van der Waals surface area contributed by atoms with Gasteiger partial charge in [-0.25, -0.2) is 0 Å². The van der Waals surface area contributed by atoms with Crippen molar-refractivity contribution in [3.63, 3.8) is 0 Å². The lowest BCUT2D eigenvalue weighted by Crippen LogP contribution is -2.36. The molecule has 0 aromatic heterocycles. The number of nitrogens with zero attached hydrogens (tertiary/aromatic N) is 3. The zero-order valence-electron chi connectivity index (χ0n) is 12.5. The van der Waals surface area contributed by atoms with Gasteiger partial charge in [-0.2, -0.15) is 0 Å². The molecule has 0 N–H and O–H groups in total. The maximum atomic E-state index is 12.7. The molecule has 24 heavy (non-hydrogen) atoms. The van der Waals surface area contributed by atoms with E-state index in [4.69, 9.17) is 0 Å². The predicted octanol–water partition coefficient (Wildman–Crippen LogP) is 2.70. The minimum atomic E-state index is -0.766. The van der Waals surface area contributed by atoms with Gasteiger partial charge >= 0.3 is 0 Å². The first-order valence-electron chi connectivity index (χ1n) is 7.26. The topological polar surface area (TPSA) is 107 Å². The summed E-state index contributed by atoms with van der Waals surface area (Å²) in [5.74, 6) is -0.494. The Kier molecular flexibility index (Phi) is 3.95. The fourth-order valence-corrected chi connectivity index (χ4v) is 2.80. The molecule has 1 heterocycles. The van der Waals surface area contributed by atoms with E-state index in [1.54, 1.807) is 0 Å². The van der Waals surface area contributed by atoms with Crippen molar-refractivity contribution in [3.8, 4) is 0 Å². The highest BCUT2D eigenvalue weighted by Gasteiger charge is 2.29. The van der Waals surface area contributed by atoms with E-state index in [0.717, 1.165) is 29.3 Å². The van der Waals surface area contributed by atoms with Crippen LogP contribution in [0.4, 0.5) is 11.4 Å². The van der Waals surface area contributed by atoms with E-state index in [-0.39, 0.29) is 5.56 Å². The van der Waals surface area contributed by atoms with Gasteiger partial charge in [0.2, 0.25) is 0 Å². The number of nitro groups is 2. The first-order chi connectivity index (χ1) is 11.5. The summed E-state index contributed by atoms with van der Waals surface area (Å²) in [5, 5.41) is 22.0. The number of amides is 1. The van der Waals surface area contributed by atoms with Gasteiger partial charge in [-0.3, -0.25) is 25.0 Å². The molecule has 2 aromatic rings. The number of hydrogen-bond donors (Lipinski definition) is 0. The van der Waals surface area contributed by atoms with Crippen molar-refractivity contribution in [1.82, 2.24) is 4.90 Å². The summed E-state index contributed by atoms with van der Waals surface area (Å²) in [4.78, 5) is 34.7. The van der Waals surface area contributed by atoms with E-state index in [1.165, 1.54) is 4.90 Å². The smallest absolute Gasteiger partial charge is 0.289 e. The van der Waals surface area contributed by atoms with Crippen molar-refractivity contribution in [2.24, 2.45) is 0 Å². The molecule has 3 rings (SSSR count). The number of benzene rings is 2. The van der Waals surface area contributed by atoms with Crippen molar-refractivity contribution in [2.75, 3.05) is 6.54 Å². The molecular formula is C16H13N3O5. The fraction of sp³-hybridized carbons (Fsp3) is 0.188. The van der Waals surface area contributed by atoms with E-state index in [9.17, 15) is 25.0 Å². The SMILES string of the molecule is O=C(c1ccc([N+](=O)[O-])cc1[N+](=O)[O-])N1CCc2ccccc2C1. The lowest BCUT2D eigenvalue weighted by molar-refractivity contribution is -0.394. The molecular weight excluding hydrogens is 314 g/mol. The quantitative estimate of drug-likeness (QED) is 0.636. The Labute approximate surface area is 136 Å². The molecule has 0 bridgehead atoms. The van der Waals surface area contributed by atoms with Crippen molar-refractivity contribution in [1.29, 1.82) is 0 Å². The van der Waals surface area contributed by atoms with E-state index >= 15 is 0 Å². The van der Waals surface area contributed by atoms with Gasteiger partial charge in [-0.15, -0.1) is 0 Å². The average molecular weight is 327 g/mol. The molecule has 0 aliphatic carbocycles. The summed E-state index contributed by atoms with van der Waals surface area (Å²) in [7, 11) is 0. The largest absolute Gasteiger partial charge is 0.334 e. The molecule has 0 spiro atoms. The van der Waals surface area contributed by atoms with E-state index in [1.807, 2.05) is 24.3 Å². The fourth-order valence-electron chi connectivity index (χ4n) is 2.80. The van der Waals surface area contributed by atoms with Crippen LogP contribution in [0.3, 0.4) is 0 Å². The van der Waals surface area contributed by atoms with Crippen LogP contribution in [0.5, 0.6) is 0 Å². The van der Waals surface area contributed by atoms with Crippen LogP contribution < -0.4 is 0 Å². The zero-order chi connectivity index (χ0) is 17.3. The van der Waals surface area contributed by atoms with Gasteiger partial charge in [0.25, 0.3) is 17.3 Å². The second-order valence-electron chi connectivity index (χ2n) is 5.46. The second kappa shape index (κ2) is 6.07. The molecule has 2 aromatic carbocycles. The Morgan fingerprint density at radius 2 is 1.71 bits per heavy atom. The highest BCUT2D eigenvalue weighted by molar-refractivity contribution is 5.98. The van der Waals surface area contributed by atoms with Crippen LogP contribution >= 0.6 is 0 Å². The second-order valence-corrected chi connectivity index (χ2v) is 5.46. The van der Waals surface area contributed by atoms with Crippen LogP contribution in [-0.4, -0.2) is 27.2 Å². The molecule has 0 saturated heterocycles. The Bertz CT molecular complexity index is 849. The standard InChI is InChI=1S/C16H13N3O5/c20-16(17-8-7-11-3-1-2-4-12(11)10-17)14-6-5-13(18(21)22)9-15(14)19(23)24/h1-6,9H,7-8,10H2. The third-order valence-corrected chi connectivity index (χ3v) is 4.04. The summed E-state index contributed by atoms with van der Waals surface area (Å²) < 4.78 is 0. The highest BCUT2D eigenvalue weighted by atomic mass is 16.6. The number of hydrogen-bond acceptors (Lipinski definition) is 5. The Morgan fingerprint density at radius 1 is 1.00 bits per heavy atom. The van der Waals surface area contributed by atoms with Crippen LogP contribution in [-0.2, 0) is 13.0 Å². The van der Waals surface area contributed by atoms with Crippen LogP contribution in [0.1, 0.15) is 21.5 Å². The van der Waals surface area contributed by atoms with E-state index in [2.05, 4.69) is 0 Å². The molecule has 1 aliphatic rings. The molecule has 8 nitrogen and oxygen atoms in total. The van der Waals surface area contributed by atoms with Crippen molar-refractivity contribution < 1.29 is 14.6 Å². The van der Waals surface area contributed by atoms with Gasteiger partial charge in [0.15, 0.2) is 0 Å². The molecule has 0 saturated carbocycles. The summed E-state index contributed by atoms with van der Waals surface area (Å²) in [6.45, 7) is 0.813.